The van der Waals surface area contributed by atoms with E-state index in [2.05, 4.69) is 9.82 Å². The zero-order valence-electron chi connectivity index (χ0n) is 10.3. The Bertz CT molecular complexity index is 633. The van der Waals surface area contributed by atoms with E-state index in [1.165, 1.54) is 0 Å². The van der Waals surface area contributed by atoms with E-state index in [1.807, 2.05) is 18.2 Å². The maximum absolute atomic E-state index is 12.0. The number of rotatable bonds is 4. The lowest BCUT2D eigenvalue weighted by atomic mass is 10.2. The first-order valence-electron chi connectivity index (χ1n) is 5.51. The predicted octanol–water partition coefficient (Wildman–Crippen LogP) is 1.67. The molecule has 0 aliphatic heterocycles. The van der Waals surface area contributed by atoms with Crippen molar-refractivity contribution in [3.8, 4) is 0 Å². The van der Waals surface area contributed by atoms with Crippen LogP contribution in [0.5, 0.6) is 0 Å². The second kappa shape index (κ2) is 4.81. The van der Waals surface area contributed by atoms with Crippen molar-refractivity contribution in [2.75, 3.05) is 4.72 Å². The first-order chi connectivity index (χ1) is 8.46. The maximum atomic E-state index is 12.0. The van der Waals surface area contributed by atoms with E-state index >= 15 is 0 Å². The van der Waals surface area contributed by atoms with Gasteiger partial charge in [-0.25, -0.2) is 8.42 Å². The van der Waals surface area contributed by atoms with E-state index in [-0.39, 0.29) is 5.75 Å². The van der Waals surface area contributed by atoms with E-state index in [4.69, 9.17) is 0 Å². The average molecular weight is 265 g/mol. The highest BCUT2D eigenvalue weighted by Gasteiger charge is 2.14. The van der Waals surface area contributed by atoms with Crippen molar-refractivity contribution in [2.24, 2.45) is 7.05 Å². The van der Waals surface area contributed by atoms with Gasteiger partial charge in [0.2, 0.25) is 10.0 Å². The van der Waals surface area contributed by atoms with Gasteiger partial charge < -0.3 is 0 Å². The molecule has 18 heavy (non-hydrogen) atoms. The number of nitrogens with zero attached hydrogens (tertiary/aromatic N) is 2. The number of sulfonamides is 1. The summed E-state index contributed by atoms with van der Waals surface area (Å²) in [5.41, 5.74) is 1.94. The van der Waals surface area contributed by atoms with Crippen molar-refractivity contribution < 1.29 is 8.42 Å². The van der Waals surface area contributed by atoms with Gasteiger partial charge in [-0.05, 0) is 12.5 Å². The lowest BCUT2D eigenvalue weighted by Gasteiger charge is -2.06. The second-order valence-electron chi connectivity index (χ2n) is 4.15. The highest BCUT2D eigenvalue weighted by molar-refractivity contribution is 7.91. The average Bonchev–Trinajstić information content (AvgIpc) is 2.57. The molecule has 2 rings (SSSR count). The Hall–Kier alpha value is -1.82. The molecule has 0 aliphatic rings. The Balaban J connectivity index is 2.15. The van der Waals surface area contributed by atoms with Gasteiger partial charge in [-0.3, -0.25) is 9.40 Å². The Morgan fingerprint density at radius 3 is 2.50 bits per heavy atom. The zero-order valence-corrected chi connectivity index (χ0v) is 11.1. The molecule has 0 aliphatic carbocycles. The minimum atomic E-state index is -3.40. The van der Waals surface area contributed by atoms with Crippen LogP contribution in [-0.2, 0) is 22.8 Å². The summed E-state index contributed by atoms with van der Waals surface area (Å²) in [7, 11) is -1.65. The molecule has 0 spiro atoms. The zero-order chi connectivity index (χ0) is 13.2. The molecule has 96 valence electrons. The first kappa shape index (κ1) is 12.6. The molecule has 0 bridgehead atoms. The van der Waals surface area contributed by atoms with Gasteiger partial charge in [-0.1, -0.05) is 30.3 Å². The summed E-state index contributed by atoms with van der Waals surface area (Å²) in [6, 6.07) is 9.07. The van der Waals surface area contributed by atoms with Gasteiger partial charge in [0.25, 0.3) is 0 Å². The standard InChI is InChI=1S/C12H15N3O2S/c1-10-12(8-15(2)13-10)14-18(16,17)9-11-6-4-3-5-7-11/h3-8,14H,9H2,1-2H3. The number of anilines is 1. The van der Waals surface area contributed by atoms with Crippen LogP contribution < -0.4 is 4.72 Å². The summed E-state index contributed by atoms with van der Waals surface area (Å²) in [6.07, 6.45) is 1.65. The third-order valence-electron chi connectivity index (χ3n) is 2.48. The van der Waals surface area contributed by atoms with Crippen LogP contribution in [0.2, 0.25) is 0 Å². The van der Waals surface area contributed by atoms with Crippen LogP contribution in [0.15, 0.2) is 36.5 Å². The van der Waals surface area contributed by atoms with Crippen molar-refractivity contribution in [3.05, 3.63) is 47.8 Å². The molecule has 1 aromatic carbocycles. The number of aryl methyl sites for hydroxylation is 2. The van der Waals surface area contributed by atoms with Gasteiger partial charge in [0.05, 0.1) is 17.1 Å². The minimum absolute atomic E-state index is 0.0395. The lowest BCUT2D eigenvalue weighted by Crippen LogP contribution is -2.15. The minimum Gasteiger partial charge on any atom is -0.280 e. The van der Waals surface area contributed by atoms with E-state index < -0.39 is 10.0 Å². The molecule has 1 aromatic heterocycles. The fourth-order valence-electron chi connectivity index (χ4n) is 1.70. The smallest absolute Gasteiger partial charge is 0.237 e. The third kappa shape index (κ3) is 3.10. The monoisotopic (exact) mass is 265 g/mol. The van der Waals surface area contributed by atoms with Crippen molar-refractivity contribution in [2.45, 2.75) is 12.7 Å². The van der Waals surface area contributed by atoms with Crippen molar-refractivity contribution >= 4 is 15.7 Å². The summed E-state index contributed by atoms with van der Waals surface area (Å²) < 4.78 is 28.1. The number of hydrogen-bond donors (Lipinski definition) is 1. The Kier molecular flexibility index (Phi) is 3.38. The molecule has 0 unspecified atom stereocenters. The van der Waals surface area contributed by atoms with Crippen LogP contribution in [0.1, 0.15) is 11.3 Å². The van der Waals surface area contributed by atoms with Crippen LogP contribution in [-0.4, -0.2) is 18.2 Å². The van der Waals surface area contributed by atoms with Gasteiger partial charge >= 0.3 is 0 Å². The van der Waals surface area contributed by atoms with Gasteiger partial charge in [0, 0.05) is 13.2 Å². The first-order valence-corrected chi connectivity index (χ1v) is 7.16. The Labute approximate surface area is 107 Å². The molecule has 0 radical (unpaired) electrons. The molecule has 1 heterocycles. The fraction of sp³-hybridized carbons (Fsp3) is 0.250. The number of hydrogen-bond acceptors (Lipinski definition) is 3. The molecule has 0 atom stereocenters. The van der Waals surface area contributed by atoms with E-state index in [0.717, 1.165) is 5.56 Å². The molecule has 5 nitrogen and oxygen atoms in total. The highest BCUT2D eigenvalue weighted by Crippen LogP contribution is 2.15. The normalized spacial score (nSPS) is 11.4. The van der Waals surface area contributed by atoms with Crippen molar-refractivity contribution in [1.82, 2.24) is 9.78 Å². The van der Waals surface area contributed by atoms with Crippen LogP contribution in [0, 0.1) is 6.92 Å². The van der Waals surface area contributed by atoms with Gasteiger partial charge in [0.1, 0.15) is 0 Å². The van der Waals surface area contributed by atoms with Gasteiger partial charge in [-0.15, -0.1) is 0 Å². The van der Waals surface area contributed by atoms with E-state index in [1.54, 1.807) is 37.0 Å². The highest BCUT2D eigenvalue weighted by atomic mass is 32.2. The second-order valence-corrected chi connectivity index (χ2v) is 5.87. The predicted molar refractivity (Wildman–Crippen MR) is 70.6 cm³/mol. The molecule has 0 amide bonds. The molecule has 2 aromatic rings. The largest absolute Gasteiger partial charge is 0.280 e. The van der Waals surface area contributed by atoms with Crippen molar-refractivity contribution in [1.29, 1.82) is 0 Å². The van der Waals surface area contributed by atoms with Crippen LogP contribution >= 0.6 is 0 Å². The van der Waals surface area contributed by atoms with Crippen LogP contribution in [0.25, 0.3) is 0 Å². The van der Waals surface area contributed by atoms with E-state index in [9.17, 15) is 8.42 Å². The fourth-order valence-corrected chi connectivity index (χ4v) is 2.94. The third-order valence-corrected chi connectivity index (χ3v) is 3.72. The molecule has 1 N–H and O–H groups in total. The van der Waals surface area contributed by atoms with Crippen LogP contribution in [0.4, 0.5) is 5.69 Å². The number of aromatic nitrogens is 2. The Morgan fingerprint density at radius 1 is 1.28 bits per heavy atom. The van der Waals surface area contributed by atoms with Crippen molar-refractivity contribution in [3.63, 3.8) is 0 Å². The van der Waals surface area contributed by atoms with Crippen LogP contribution in [0.3, 0.4) is 0 Å². The Morgan fingerprint density at radius 2 is 1.94 bits per heavy atom. The SMILES string of the molecule is Cc1nn(C)cc1NS(=O)(=O)Cc1ccccc1. The molecular formula is C12H15N3O2S. The summed E-state index contributed by atoms with van der Waals surface area (Å²) in [5.74, 6) is -0.0395. The van der Waals surface area contributed by atoms with Gasteiger partial charge in [0.15, 0.2) is 0 Å². The summed E-state index contributed by atoms with van der Waals surface area (Å²) in [6.45, 7) is 1.76. The quantitative estimate of drug-likeness (QED) is 0.914. The molecule has 0 fully saturated rings. The van der Waals surface area contributed by atoms with Gasteiger partial charge in [-0.2, -0.15) is 5.10 Å². The molecule has 0 saturated carbocycles. The summed E-state index contributed by atoms with van der Waals surface area (Å²) >= 11 is 0. The van der Waals surface area contributed by atoms with E-state index in [0.29, 0.717) is 11.4 Å². The topological polar surface area (TPSA) is 64.0 Å². The summed E-state index contributed by atoms with van der Waals surface area (Å²) in [5, 5.41) is 4.09. The molecule has 0 saturated heterocycles. The molecular weight excluding hydrogens is 250 g/mol. The molecule has 6 heteroatoms. The number of nitrogens with one attached hydrogen (secondary N) is 1. The number of benzene rings is 1. The summed E-state index contributed by atoms with van der Waals surface area (Å²) in [4.78, 5) is 0. The maximum Gasteiger partial charge on any atom is 0.237 e. The lowest BCUT2D eigenvalue weighted by molar-refractivity contribution is 0.600.